The topological polar surface area (TPSA) is 87.7 Å². The Morgan fingerprint density at radius 3 is 2.56 bits per heavy atom. The number of amides is 3. The van der Waals surface area contributed by atoms with Gasteiger partial charge in [-0.2, -0.15) is 0 Å². The Labute approximate surface area is 216 Å². The Bertz CT molecular complexity index is 1150. The molecule has 4 rings (SSSR count). The number of carbonyl (C=O) groups is 3. The molecule has 3 atom stereocenters. The molecule has 0 radical (unpaired) electrons. The fourth-order valence-corrected chi connectivity index (χ4v) is 5.40. The molecule has 0 bridgehead atoms. The lowest BCUT2D eigenvalue weighted by molar-refractivity contribution is -0.160. The minimum atomic E-state index is -1.29. The second-order valence-corrected chi connectivity index (χ2v) is 10.5. The Morgan fingerprint density at radius 1 is 1.18 bits per heavy atom. The second-order valence-electron chi connectivity index (χ2n) is 8.23. The van der Waals surface area contributed by atoms with Crippen LogP contribution >= 0.6 is 46.4 Å². The molecule has 2 fully saturated rings. The molecule has 1 aliphatic heterocycles. The van der Waals surface area contributed by atoms with Crippen LogP contribution in [0.5, 0.6) is 0 Å². The number of hydrogen-bond donors (Lipinski definition) is 2. The zero-order valence-electron chi connectivity index (χ0n) is 18.2. The molecule has 2 aromatic carbocycles. The normalized spacial score (nSPS) is 23.1. The van der Waals surface area contributed by atoms with Crippen LogP contribution in [0.4, 0.5) is 5.69 Å². The van der Waals surface area contributed by atoms with Gasteiger partial charge in [0.1, 0.15) is 17.0 Å². The van der Waals surface area contributed by atoms with E-state index in [2.05, 4.69) is 10.6 Å². The van der Waals surface area contributed by atoms with E-state index in [-0.39, 0.29) is 23.1 Å². The van der Waals surface area contributed by atoms with Crippen molar-refractivity contribution in [2.24, 2.45) is 5.92 Å². The molecule has 1 saturated carbocycles. The number of benzene rings is 2. The van der Waals surface area contributed by atoms with Gasteiger partial charge in [0.25, 0.3) is 11.8 Å². The Hall–Kier alpha value is -2.03. The maximum Gasteiger partial charge on any atom is 0.271 e. The van der Waals surface area contributed by atoms with E-state index >= 15 is 0 Å². The molecule has 34 heavy (non-hydrogen) atoms. The van der Waals surface area contributed by atoms with E-state index in [1.54, 1.807) is 25.1 Å². The van der Waals surface area contributed by atoms with E-state index in [1.807, 2.05) is 13.0 Å². The minimum absolute atomic E-state index is 0.0338. The minimum Gasteiger partial charge on any atom is -0.338 e. The van der Waals surface area contributed by atoms with Crippen molar-refractivity contribution in [3.05, 3.63) is 63.1 Å². The lowest BCUT2D eigenvalue weighted by Gasteiger charge is -2.13. The predicted molar refractivity (Wildman–Crippen MR) is 132 cm³/mol. The molecule has 1 aliphatic carbocycles. The molecule has 180 valence electrons. The number of anilines is 1. The van der Waals surface area contributed by atoms with Crippen molar-refractivity contribution in [3.8, 4) is 0 Å². The molecule has 2 N–H and O–H groups in total. The van der Waals surface area contributed by atoms with Crippen LogP contribution in [0.1, 0.15) is 34.3 Å². The number of rotatable bonds is 6. The van der Waals surface area contributed by atoms with Crippen molar-refractivity contribution >= 4 is 69.8 Å². The maximum absolute atomic E-state index is 13.0. The average molecular weight is 545 g/mol. The fraction of sp³-hybridized carbons (Fsp3) is 0.348. The van der Waals surface area contributed by atoms with Gasteiger partial charge in [-0.3, -0.25) is 19.2 Å². The van der Waals surface area contributed by atoms with Crippen LogP contribution in [0.3, 0.4) is 0 Å². The van der Waals surface area contributed by atoms with E-state index in [1.165, 1.54) is 17.2 Å². The van der Waals surface area contributed by atoms with E-state index in [0.717, 1.165) is 11.1 Å². The van der Waals surface area contributed by atoms with Crippen LogP contribution in [0.2, 0.25) is 10.0 Å². The van der Waals surface area contributed by atoms with Gasteiger partial charge in [0, 0.05) is 23.2 Å². The van der Waals surface area contributed by atoms with E-state index in [9.17, 15) is 14.4 Å². The lowest BCUT2D eigenvalue weighted by atomic mass is 10.1. The molecule has 2 unspecified atom stereocenters. The maximum atomic E-state index is 13.0. The summed E-state index contributed by atoms with van der Waals surface area (Å²) in [5.41, 5.74) is 2.14. The first kappa shape index (κ1) is 25.1. The van der Waals surface area contributed by atoms with Crippen LogP contribution in [0.25, 0.3) is 0 Å². The highest BCUT2D eigenvalue weighted by Crippen LogP contribution is 2.65. The number of halogens is 4. The summed E-state index contributed by atoms with van der Waals surface area (Å²) in [7, 11) is 0. The second kappa shape index (κ2) is 9.55. The number of alkyl halides is 2. The van der Waals surface area contributed by atoms with Gasteiger partial charge in [-0.05, 0) is 55.3 Å². The quantitative estimate of drug-likeness (QED) is 0.515. The highest BCUT2D eigenvalue weighted by Gasteiger charge is 2.67. The smallest absolute Gasteiger partial charge is 0.271 e. The SMILES string of the molecule is CCN1OC[C@@H](NC(=O)c2cc(NC(=O)C3C(c4cc(C)cc(Cl)c4)C3(Cl)Cl)ccc2Cl)C1=O. The van der Waals surface area contributed by atoms with Crippen molar-refractivity contribution in [3.63, 3.8) is 0 Å². The summed E-state index contributed by atoms with van der Waals surface area (Å²) in [6.45, 7) is 4.06. The van der Waals surface area contributed by atoms with Crippen LogP contribution in [0.15, 0.2) is 36.4 Å². The largest absolute Gasteiger partial charge is 0.338 e. The first-order chi connectivity index (χ1) is 16.0. The van der Waals surface area contributed by atoms with Crippen molar-refractivity contribution in [2.45, 2.75) is 30.1 Å². The van der Waals surface area contributed by atoms with Crippen LogP contribution in [-0.4, -0.2) is 46.3 Å². The summed E-state index contributed by atoms with van der Waals surface area (Å²) in [6.07, 6.45) is 0. The molecule has 1 saturated heterocycles. The van der Waals surface area contributed by atoms with E-state index < -0.39 is 34.0 Å². The molecular weight excluding hydrogens is 524 g/mol. The fourth-order valence-electron chi connectivity index (χ4n) is 4.07. The zero-order valence-corrected chi connectivity index (χ0v) is 21.2. The third-order valence-corrected chi connectivity index (χ3v) is 7.26. The van der Waals surface area contributed by atoms with Crippen LogP contribution in [-0.2, 0) is 14.4 Å². The van der Waals surface area contributed by atoms with Gasteiger partial charge in [0.15, 0.2) is 0 Å². The number of likely N-dealkylation sites (N-methyl/N-ethyl adjacent to an activating group) is 1. The number of hydrogen-bond acceptors (Lipinski definition) is 4. The summed E-state index contributed by atoms with van der Waals surface area (Å²) in [6, 6.07) is 9.09. The van der Waals surface area contributed by atoms with Crippen LogP contribution in [0, 0.1) is 12.8 Å². The van der Waals surface area contributed by atoms with Gasteiger partial charge in [-0.15, -0.1) is 23.2 Å². The van der Waals surface area contributed by atoms with Crippen molar-refractivity contribution in [2.75, 3.05) is 18.5 Å². The first-order valence-electron chi connectivity index (χ1n) is 10.5. The molecule has 0 spiro atoms. The monoisotopic (exact) mass is 543 g/mol. The Kier molecular flexibility index (Phi) is 7.04. The molecule has 2 aromatic rings. The molecule has 7 nitrogen and oxygen atoms in total. The first-order valence-corrected chi connectivity index (χ1v) is 12.0. The number of nitrogens with zero attached hydrogens (tertiary/aromatic N) is 1. The van der Waals surface area contributed by atoms with E-state index in [4.69, 9.17) is 51.2 Å². The van der Waals surface area contributed by atoms with E-state index in [0.29, 0.717) is 17.3 Å². The summed E-state index contributed by atoms with van der Waals surface area (Å²) in [5.74, 6) is -2.45. The van der Waals surface area contributed by atoms with Gasteiger partial charge in [0.05, 0.1) is 16.5 Å². The third-order valence-electron chi connectivity index (χ3n) is 5.77. The summed E-state index contributed by atoms with van der Waals surface area (Å²) >= 11 is 25.2. The Balaban J connectivity index is 1.47. The molecule has 0 aromatic heterocycles. The predicted octanol–water partition coefficient (Wildman–Crippen LogP) is 4.72. The summed E-state index contributed by atoms with van der Waals surface area (Å²) in [4.78, 5) is 43.2. The number of nitrogens with one attached hydrogen (secondary N) is 2. The summed E-state index contributed by atoms with van der Waals surface area (Å²) < 4.78 is -1.29. The highest BCUT2D eigenvalue weighted by atomic mass is 35.5. The standard InChI is InChI=1S/C23H21Cl4N3O4/c1-3-30-22(33)17(10-34-30)29-20(31)15-9-14(4-5-16(15)25)28-21(32)19-18(23(19,26)27)12-6-11(2)7-13(24)8-12/h4-9,17-19H,3,10H2,1-2H3,(H,28,32)(H,29,31)/t17-,18?,19?/m1/s1. The number of aryl methyl sites for hydroxylation is 1. The zero-order chi connectivity index (χ0) is 24.8. The lowest BCUT2D eigenvalue weighted by Crippen LogP contribution is -2.42. The van der Waals surface area contributed by atoms with Crippen molar-refractivity contribution in [1.29, 1.82) is 0 Å². The van der Waals surface area contributed by atoms with Gasteiger partial charge in [-0.25, -0.2) is 5.06 Å². The third kappa shape index (κ3) is 4.86. The molecular formula is C23H21Cl4N3O4. The van der Waals surface area contributed by atoms with Gasteiger partial charge < -0.3 is 10.6 Å². The van der Waals surface area contributed by atoms with Gasteiger partial charge >= 0.3 is 0 Å². The van der Waals surface area contributed by atoms with Crippen molar-refractivity contribution < 1.29 is 19.2 Å². The number of hydroxylamine groups is 2. The van der Waals surface area contributed by atoms with Crippen molar-refractivity contribution in [1.82, 2.24) is 10.4 Å². The molecule has 1 heterocycles. The number of carbonyl (C=O) groups excluding carboxylic acids is 3. The highest BCUT2D eigenvalue weighted by molar-refractivity contribution is 6.53. The van der Waals surface area contributed by atoms with Crippen LogP contribution < -0.4 is 10.6 Å². The Morgan fingerprint density at radius 2 is 1.91 bits per heavy atom. The molecule has 3 amide bonds. The average Bonchev–Trinajstić information content (AvgIpc) is 3.18. The molecule has 2 aliphatic rings. The molecule has 11 heteroatoms. The van der Waals surface area contributed by atoms with Gasteiger partial charge in [0.2, 0.25) is 5.91 Å². The summed E-state index contributed by atoms with van der Waals surface area (Å²) in [5, 5.41) is 7.24. The van der Waals surface area contributed by atoms with Gasteiger partial charge in [-0.1, -0.05) is 29.3 Å².